The molecule has 0 aliphatic rings. The molecule has 0 spiro atoms. The molecule has 1 N–H and O–H groups in total. The van der Waals surface area contributed by atoms with Gasteiger partial charge >= 0.3 is 7.75 Å². The van der Waals surface area contributed by atoms with E-state index in [-0.39, 0.29) is 0 Å². The highest BCUT2D eigenvalue weighted by molar-refractivity contribution is 7.50. The maximum atomic E-state index is 13.0. The highest BCUT2D eigenvalue weighted by atomic mass is 31.2. The summed E-state index contributed by atoms with van der Waals surface area (Å²) in [4.78, 5) is 10.7. The van der Waals surface area contributed by atoms with Crippen molar-refractivity contribution in [2.75, 3.05) is 19.7 Å². The molecule has 0 saturated heterocycles. The van der Waals surface area contributed by atoms with Crippen LogP contribution in [0.4, 0.5) is 0 Å². The molecule has 1 atom stereocenters. The molecule has 5 heteroatoms. The van der Waals surface area contributed by atoms with Crippen molar-refractivity contribution in [3.05, 3.63) is 0 Å². The van der Waals surface area contributed by atoms with Gasteiger partial charge < -0.3 is 4.89 Å². The summed E-state index contributed by atoms with van der Waals surface area (Å²) in [5.74, 6) is 0. The lowest BCUT2D eigenvalue weighted by Gasteiger charge is -2.26. The summed E-state index contributed by atoms with van der Waals surface area (Å²) in [6.45, 7) is 8.54. The van der Waals surface area contributed by atoms with Crippen molar-refractivity contribution in [2.24, 2.45) is 0 Å². The Labute approximate surface area is 221 Å². The van der Waals surface area contributed by atoms with Crippen LogP contribution in [0.3, 0.4) is 0 Å². The molecule has 0 aromatic heterocycles. The molecule has 212 valence electrons. The lowest BCUT2D eigenvalue weighted by molar-refractivity contribution is 0.194. The second-order valence-corrected chi connectivity index (χ2v) is 12.5. The van der Waals surface area contributed by atoms with E-state index >= 15 is 0 Å². The standard InChI is InChI=1S/C30H64NO3P/c1-4-7-10-13-16-18-20-22-25-28-31(29-26-23-21-19-17-14-11-8-5-2)35(32,33)34-30-27-24-15-12-9-6-3/h4-30H2,1-3H3,(H,32,33). The Morgan fingerprint density at radius 2 is 0.771 bits per heavy atom. The lowest BCUT2D eigenvalue weighted by atomic mass is 10.1. The molecule has 0 aromatic rings. The molecule has 0 aliphatic heterocycles. The highest BCUT2D eigenvalue weighted by Crippen LogP contribution is 2.46. The van der Waals surface area contributed by atoms with E-state index in [9.17, 15) is 9.46 Å². The van der Waals surface area contributed by atoms with Gasteiger partial charge in [-0.1, -0.05) is 156 Å². The normalized spacial score (nSPS) is 13.5. The maximum absolute atomic E-state index is 13.0. The number of hydrogen-bond donors (Lipinski definition) is 1. The van der Waals surface area contributed by atoms with E-state index in [1.807, 2.05) is 0 Å². The third kappa shape index (κ3) is 24.2. The molecule has 1 unspecified atom stereocenters. The molecule has 0 aromatic carbocycles. The molecule has 0 aliphatic carbocycles. The first kappa shape index (κ1) is 35.1. The number of nitrogens with zero attached hydrogens (tertiary/aromatic N) is 1. The van der Waals surface area contributed by atoms with Crippen LogP contribution in [0.5, 0.6) is 0 Å². The van der Waals surface area contributed by atoms with Gasteiger partial charge in [0.15, 0.2) is 0 Å². The average molecular weight is 518 g/mol. The minimum atomic E-state index is -3.68. The Morgan fingerprint density at radius 3 is 1.11 bits per heavy atom. The van der Waals surface area contributed by atoms with E-state index in [2.05, 4.69) is 20.8 Å². The molecular formula is C30H64NO3P. The van der Waals surface area contributed by atoms with Crippen LogP contribution in [0.15, 0.2) is 0 Å². The third-order valence-corrected chi connectivity index (χ3v) is 8.79. The largest absolute Gasteiger partial charge is 0.405 e. The van der Waals surface area contributed by atoms with Gasteiger partial charge in [-0.05, 0) is 19.3 Å². The van der Waals surface area contributed by atoms with Crippen molar-refractivity contribution in [2.45, 2.75) is 175 Å². The fourth-order valence-corrected chi connectivity index (χ4v) is 6.04. The van der Waals surface area contributed by atoms with E-state index < -0.39 is 7.75 Å². The third-order valence-electron chi connectivity index (χ3n) is 7.15. The predicted octanol–water partition coefficient (Wildman–Crippen LogP) is 10.8. The molecule has 0 heterocycles. The van der Waals surface area contributed by atoms with Crippen molar-refractivity contribution >= 4 is 7.75 Å². The first-order valence-electron chi connectivity index (χ1n) is 15.8. The summed E-state index contributed by atoms with van der Waals surface area (Å²) >= 11 is 0. The molecule has 0 radical (unpaired) electrons. The second kappa shape index (κ2) is 27.2. The van der Waals surface area contributed by atoms with Crippen molar-refractivity contribution < 1.29 is 14.0 Å². The monoisotopic (exact) mass is 517 g/mol. The quantitative estimate of drug-likeness (QED) is 0.0791. The van der Waals surface area contributed by atoms with Crippen molar-refractivity contribution in [3.63, 3.8) is 0 Å². The van der Waals surface area contributed by atoms with Crippen LogP contribution < -0.4 is 0 Å². The number of unbranched alkanes of at least 4 members (excludes halogenated alkanes) is 21. The fourth-order valence-electron chi connectivity index (χ4n) is 4.72. The molecule has 0 bridgehead atoms. The molecule has 0 amide bonds. The molecule has 35 heavy (non-hydrogen) atoms. The molecular weight excluding hydrogens is 453 g/mol. The van der Waals surface area contributed by atoms with Gasteiger partial charge in [-0.3, -0.25) is 4.52 Å². The fraction of sp³-hybridized carbons (Fsp3) is 1.00. The van der Waals surface area contributed by atoms with E-state index in [0.29, 0.717) is 19.7 Å². The Bertz CT molecular complexity index is 439. The molecule has 0 fully saturated rings. The summed E-state index contributed by atoms with van der Waals surface area (Å²) < 4.78 is 20.4. The first-order chi connectivity index (χ1) is 17.1. The van der Waals surface area contributed by atoms with Gasteiger partial charge in [-0.2, -0.15) is 0 Å². The summed E-state index contributed by atoms with van der Waals surface area (Å²) in [6, 6.07) is 0. The van der Waals surface area contributed by atoms with Crippen molar-refractivity contribution in [3.8, 4) is 0 Å². The summed E-state index contributed by atoms with van der Waals surface area (Å²) in [5, 5.41) is 0. The second-order valence-electron chi connectivity index (χ2n) is 10.7. The maximum Gasteiger partial charge on any atom is 0.405 e. The van der Waals surface area contributed by atoms with Gasteiger partial charge in [0.05, 0.1) is 6.61 Å². The van der Waals surface area contributed by atoms with Crippen LogP contribution in [0, 0.1) is 0 Å². The smallest absolute Gasteiger partial charge is 0.312 e. The van der Waals surface area contributed by atoms with Crippen molar-refractivity contribution in [1.29, 1.82) is 0 Å². The Morgan fingerprint density at radius 1 is 0.486 bits per heavy atom. The van der Waals surface area contributed by atoms with Crippen LogP contribution in [-0.2, 0) is 9.09 Å². The first-order valence-corrected chi connectivity index (χ1v) is 17.3. The van der Waals surface area contributed by atoms with E-state index in [0.717, 1.165) is 38.5 Å². The Balaban J connectivity index is 4.24. The zero-order valence-corrected chi connectivity index (χ0v) is 25.1. The molecule has 0 saturated carbocycles. The average Bonchev–Trinajstić information content (AvgIpc) is 2.84. The van der Waals surface area contributed by atoms with Gasteiger partial charge in [0.1, 0.15) is 0 Å². The van der Waals surface area contributed by atoms with Gasteiger partial charge in [0.25, 0.3) is 0 Å². The van der Waals surface area contributed by atoms with Gasteiger partial charge in [0.2, 0.25) is 0 Å². The zero-order chi connectivity index (χ0) is 25.9. The minimum absolute atomic E-state index is 0.409. The summed E-state index contributed by atoms with van der Waals surface area (Å²) in [5.41, 5.74) is 0. The Hall–Kier alpha value is 0.110. The van der Waals surface area contributed by atoms with Crippen LogP contribution in [0.25, 0.3) is 0 Å². The molecule has 0 rings (SSSR count). The SMILES string of the molecule is CCCCCCCCCCCN(CCCCCCCCCCC)P(=O)(O)OCCCCCCCC. The van der Waals surface area contributed by atoms with Crippen molar-refractivity contribution in [1.82, 2.24) is 4.67 Å². The van der Waals surface area contributed by atoms with Crippen LogP contribution in [-0.4, -0.2) is 29.3 Å². The van der Waals surface area contributed by atoms with E-state index in [1.54, 1.807) is 4.67 Å². The van der Waals surface area contributed by atoms with Crippen LogP contribution in [0.2, 0.25) is 0 Å². The van der Waals surface area contributed by atoms with Gasteiger partial charge in [0, 0.05) is 13.1 Å². The number of hydrogen-bond acceptors (Lipinski definition) is 2. The van der Waals surface area contributed by atoms with Gasteiger partial charge in [-0.25, -0.2) is 9.24 Å². The lowest BCUT2D eigenvalue weighted by Crippen LogP contribution is -2.24. The van der Waals surface area contributed by atoms with Gasteiger partial charge in [-0.15, -0.1) is 0 Å². The van der Waals surface area contributed by atoms with E-state index in [4.69, 9.17) is 4.52 Å². The summed E-state index contributed by atoms with van der Waals surface area (Å²) in [6.07, 6.45) is 29.8. The van der Waals surface area contributed by atoms with Crippen LogP contribution >= 0.6 is 7.75 Å². The molecule has 4 nitrogen and oxygen atoms in total. The highest BCUT2D eigenvalue weighted by Gasteiger charge is 2.28. The topological polar surface area (TPSA) is 49.8 Å². The predicted molar refractivity (Wildman–Crippen MR) is 155 cm³/mol. The minimum Gasteiger partial charge on any atom is -0.312 e. The zero-order valence-electron chi connectivity index (χ0n) is 24.3. The summed E-state index contributed by atoms with van der Waals surface area (Å²) in [7, 11) is -3.68. The van der Waals surface area contributed by atoms with E-state index in [1.165, 1.54) is 116 Å². The number of rotatable bonds is 29. The Kier molecular flexibility index (Phi) is 27.2. The van der Waals surface area contributed by atoms with Crippen LogP contribution in [0.1, 0.15) is 175 Å².